The van der Waals surface area contributed by atoms with E-state index in [1.807, 2.05) is 49.5 Å². The highest BCUT2D eigenvalue weighted by molar-refractivity contribution is 8.02. The van der Waals surface area contributed by atoms with Gasteiger partial charge in [-0.2, -0.15) is 10.5 Å². The van der Waals surface area contributed by atoms with Crippen LogP contribution in [-0.4, -0.2) is 26.5 Å². The molecule has 0 saturated heterocycles. The van der Waals surface area contributed by atoms with Gasteiger partial charge in [0.1, 0.15) is 24.5 Å². The van der Waals surface area contributed by atoms with E-state index >= 15 is 0 Å². The van der Waals surface area contributed by atoms with E-state index in [-0.39, 0.29) is 5.57 Å². The zero-order valence-corrected chi connectivity index (χ0v) is 24.6. The number of allylic oxidation sites excluding steroid dienone is 5. The topological polar surface area (TPSA) is 104 Å². The molecule has 0 unspecified atom stereocenters. The fourth-order valence-corrected chi connectivity index (χ4v) is 4.89. The number of rotatable bonds is 13. The summed E-state index contributed by atoms with van der Waals surface area (Å²) in [5.41, 5.74) is 11.6. The minimum absolute atomic E-state index is 0.278. The third-order valence-electron chi connectivity index (χ3n) is 5.66. The summed E-state index contributed by atoms with van der Waals surface area (Å²) in [7, 11) is 1.62. The summed E-state index contributed by atoms with van der Waals surface area (Å²) in [5.74, 6) is 1.63. The number of aliphatic imine (C=N–C) groups is 1. The first-order valence-corrected chi connectivity index (χ1v) is 13.9. The van der Waals surface area contributed by atoms with Gasteiger partial charge in [0.2, 0.25) is 0 Å². The fraction of sp³-hybridized carbons (Fsp3) is 0.344. The van der Waals surface area contributed by atoms with Crippen molar-refractivity contribution in [2.45, 2.75) is 46.8 Å². The lowest BCUT2D eigenvalue weighted by Gasteiger charge is -2.16. The number of hydrogen-bond acceptors (Lipinski definition) is 7. The lowest BCUT2D eigenvalue weighted by molar-refractivity contribution is 0.146. The Morgan fingerprint density at radius 2 is 1.77 bits per heavy atom. The van der Waals surface area contributed by atoms with E-state index in [9.17, 15) is 10.5 Å². The Hall–Kier alpha value is -3.78. The predicted molar refractivity (Wildman–Crippen MR) is 163 cm³/mol. The third kappa shape index (κ3) is 9.18. The fourth-order valence-electron chi connectivity index (χ4n) is 3.77. The van der Waals surface area contributed by atoms with Crippen molar-refractivity contribution in [3.63, 3.8) is 0 Å². The Labute approximate surface area is 237 Å². The van der Waals surface area contributed by atoms with Gasteiger partial charge in [-0.3, -0.25) is 4.99 Å². The van der Waals surface area contributed by atoms with Crippen LogP contribution in [0.3, 0.4) is 0 Å². The van der Waals surface area contributed by atoms with Crippen molar-refractivity contribution in [1.29, 1.82) is 10.5 Å². The number of benzene rings is 2. The molecule has 0 aliphatic rings. The average molecular weight is 543 g/mol. The third-order valence-corrected chi connectivity index (χ3v) is 6.80. The molecule has 0 spiro atoms. The molecule has 7 heteroatoms. The van der Waals surface area contributed by atoms with Crippen molar-refractivity contribution in [2.24, 2.45) is 16.6 Å². The minimum atomic E-state index is 0.278. The highest BCUT2D eigenvalue weighted by Crippen LogP contribution is 2.39. The van der Waals surface area contributed by atoms with E-state index in [1.165, 1.54) is 0 Å². The number of para-hydroxylation sites is 1. The Balaban J connectivity index is 2.59. The summed E-state index contributed by atoms with van der Waals surface area (Å²) in [4.78, 5) is 5.55. The summed E-state index contributed by atoms with van der Waals surface area (Å²) in [6, 6.07) is 18.1. The molecule has 0 bridgehead atoms. The van der Waals surface area contributed by atoms with E-state index < -0.39 is 0 Å². The van der Waals surface area contributed by atoms with Crippen molar-refractivity contribution >= 4 is 29.2 Å². The molecule has 0 aliphatic carbocycles. The van der Waals surface area contributed by atoms with E-state index in [0.29, 0.717) is 53.0 Å². The maximum Gasteiger partial charge on any atom is 0.119 e. The molecule has 39 heavy (non-hydrogen) atoms. The van der Waals surface area contributed by atoms with Gasteiger partial charge in [0.05, 0.1) is 23.4 Å². The highest BCUT2D eigenvalue weighted by Gasteiger charge is 2.20. The van der Waals surface area contributed by atoms with Crippen LogP contribution >= 0.6 is 11.8 Å². The quantitative estimate of drug-likeness (QED) is 0.121. The Morgan fingerprint density at radius 3 is 2.33 bits per heavy atom. The van der Waals surface area contributed by atoms with Crippen LogP contribution in [0, 0.1) is 35.5 Å². The van der Waals surface area contributed by atoms with Gasteiger partial charge >= 0.3 is 0 Å². The molecule has 0 amide bonds. The monoisotopic (exact) mass is 542 g/mol. The van der Waals surface area contributed by atoms with Crippen molar-refractivity contribution in [2.75, 3.05) is 20.3 Å². The smallest absolute Gasteiger partial charge is 0.119 e. The second-order valence-electron chi connectivity index (χ2n) is 9.27. The number of nitrogens with zero attached hydrogens (tertiary/aromatic N) is 3. The first-order chi connectivity index (χ1) is 18.8. The molecule has 0 aromatic heterocycles. The summed E-state index contributed by atoms with van der Waals surface area (Å²) >= 11 is 1.56. The zero-order valence-electron chi connectivity index (χ0n) is 23.7. The molecule has 0 radical (unpaired) electrons. The van der Waals surface area contributed by atoms with Crippen LogP contribution in [0.4, 0.5) is 5.69 Å². The second-order valence-corrected chi connectivity index (χ2v) is 10.3. The number of hydrogen-bond donors (Lipinski definition) is 1. The zero-order chi connectivity index (χ0) is 28.8. The van der Waals surface area contributed by atoms with Gasteiger partial charge in [-0.15, -0.1) is 11.8 Å². The molecular formula is C32H38N4O2S. The molecule has 0 aliphatic heterocycles. The summed E-state index contributed by atoms with van der Waals surface area (Å²) < 4.78 is 10.7. The predicted octanol–water partition coefficient (Wildman–Crippen LogP) is 7.64. The number of ether oxygens (including phenoxy) is 2. The normalized spacial score (nSPS) is 13.1. The summed E-state index contributed by atoms with van der Waals surface area (Å²) in [6.07, 6.45) is 4.71. The van der Waals surface area contributed by atoms with Crippen molar-refractivity contribution < 1.29 is 9.47 Å². The second kappa shape index (κ2) is 16.2. The van der Waals surface area contributed by atoms with Crippen molar-refractivity contribution in [3.8, 4) is 17.9 Å². The first-order valence-electron chi connectivity index (χ1n) is 13.0. The maximum atomic E-state index is 10.4. The Morgan fingerprint density at radius 1 is 1.08 bits per heavy atom. The lowest BCUT2D eigenvalue weighted by atomic mass is 9.92. The average Bonchev–Trinajstić information content (AvgIpc) is 2.91. The van der Waals surface area contributed by atoms with Gasteiger partial charge < -0.3 is 15.2 Å². The van der Waals surface area contributed by atoms with Crippen LogP contribution in [0.5, 0.6) is 5.75 Å². The molecular weight excluding hydrogens is 504 g/mol. The van der Waals surface area contributed by atoms with E-state index in [2.05, 4.69) is 45.0 Å². The molecule has 2 N–H and O–H groups in total. The number of nitriles is 2. The Kier molecular flexibility index (Phi) is 13.1. The molecule has 204 valence electrons. The molecule has 0 fully saturated rings. The van der Waals surface area contributed by atoms with Crippen LogP contribution in [0.15, 0.2) is 75.3 Å². The summed E-state index contributed by atoms with van der Waals surface area (Å²) in [5, 5.41) is 20.5. The number of aryl methyl sites for hydroxylation is 1. The summed E-state index contributed by atoms with van der Waals surface area (Å²) in [6.45, 7) is 10.9. The van der Waals surface area contributed by atoms with Gasteiger partial charge in [0, 0.05) is 35.3 Å². The molecule has 2 aromatic rings. The molecule has 0 heterocycles. The van der Waals surface area contributed by atoms with Gasteiger partial charge in [-0.1, -0.05) is 57.2 Å². The van der Waals surface area contributed by atoms with E-state index in [0.717, 1.165) is 28.1 Å². The molecule has 0 atom stereocenters. The van der Waals surface area contributed by atoms with Crippen molar-refractivity contribution in [3.05, 3.63) is 87.0 Å². The van der Waals surface area contributed by atoms with Crippen LogP contribution in [0.25, 0.3) is 5.57 Å². The molecule has 2 rings (SSSR count). The molecule has 2 aromatic carbocycles. The van der Waals surface area contributed by atoms with Crippen LogP contribution in [0.2, 0.25) is 0 Å². The SMILES string of the molecule is CC/C=C(SCc1cccc(C)c1N=CC(C)C)/C(C#N)=C(\C(C#N)=C(/C)N)c1ccc(OCCOC)cc1. The van der Waals surface area contributed by atoms with Crippen molar-refractivity contribution in [1.82, 2.24) is 0 Å². The van der Waals surface area contributed by atoms with E-state index in [4.69, 9.17) is 20.2 Å². The number of methoxy groups -OCH3 is 1. The first kappa shape index (κ1) is 31.4. The minimum Gasteiger partial charge on any atom is -0.491 e. The van der Waals surface area contributed by atoms with Gasteiger partial charge in [-0.25, -0.2) is 0 Å². The Bertz CT molecular complexity index is 1320. The standard InChI is InChI=1S/C32H38N4O2S/c1-7-9-30(39-21-26-11-8-10-23(4)32(26)36-20-22(2)3)29(19-34)31(28(18-33)24(5)35)25-12-14-27(15-13-25)38-17-16-37-6/h8-15,20,22H,7,16-17,21,35H2,1-6H3/b28-24+,30-9-,31-29-,36-20?. The van der Waals surface area contributed by atoms with Crippen LogP contribution in [-0.2, 0) is 10.5 Å². The van der Waals surface area contributed by atoms with Gasteiger partial charge in [-0.05, 0) is 55.0 Å². The van der Waals surface area contributed by atoms with Crippen LogP contribution < -0.4 is 10.5 Å². The largest absolute Gasteiger partial charge is 0.491 e. The molecule has 6 nitrogen and oxygen atoms in total. The number of thioether (sulfide) groups is 1. The molecule has 0 saturated carbocycles. The lowest BCUT2D eigenvalue weighted by Crippen LogP contribution is -2.05. The van der Waals surface area contributed by atoms with Crippen LogP contribution in [0.1, 0.15) is 50.8 Å². The number of nitrogens with two attached hydrogens (primary N) is 1. The van der Waals surface area contributed by atoms with E-state index in [1.54, 1.807) is 25.8 Å². The van der Waals surface area contributed by atoms with Gasteiger partial charge in [0.15, 0.2) is 0 Å². The van der Waals surface area contributed by atoms with Gasteiger partial charge in [0.25, 0.3) is 0 Å². The maximum absolute atomic E-state index is 10.4. The highest BCUT2D eigenvalue weighted by atomic mass is 32.2.